The molecule has 8 heterocycles. The third-order valence-electron chi connectivity index (χ3n) is 15.9. The largest absolute Gasteiger partial charge is 0.490 e. The Kier molecular flexibility index (Phi) is 16.8. The molecule has 1 fully saturated rings. The van der Waals surface area contributed by atoms with Crippen LogP contribution in [0.15, 0.2) is 59.5 Å². The van der Waals surface area contributed by atoms with Crippen LogP contribution >= 0.6 is 31.8 Å². The number of benzene rings is 4. The van der Waals surface area contributed by atoms with Gasteiger partial charge >= 0.3 is 29.4 Å². The van der Waals surface area contributed by atoms with Gasteiger partial charge in [-0.15, -0.1) is 0 Å². The Morgan fingerprint density at radius 3 is 2.46 bits per heavy atom. The molecule has 12 rings (SSSR count). The van der Waals surface area contributed by atoms with Gasteiger partial charge in [-0.25, -0.2) is 18.3 Å². The van der Waals surface area contributed by atoms with Crippen molar-refractivity contribution in [2.24, 2.45) is 0 Å². The summed E-state index contributed by atoms with van der Waals surface area (Å²) in [6.45, 7) is 3.73. The average molecular weight is 1280 g/mol. The summed E-state index contributed by atoms with van der Waals surface area (Å²) in [7, 11) is -19.1. The predicted molar refractivity (Wildman–Crippen MR) is 312 cm³/mol. The lowest BCUT2D eigenvalue weighted by molar-refractivity contribution is -0.386. The van der Waals surface area contributed by atoms with Crippen molar-refractivity contribution in [3.8, 4) is 29.1 Å². The standard InChI is InChI=1S/C55H58N8O20P4/c1-30(64)79-44-15-14-36(24-39(44)48-40-22-32-8-3-17-60-19-5-10-37(49(32)60)51(40)81-52-38-11-6-20-61-18-4-9-33(50(38)61)23-41(48)52)84(69)57-16-2-7-31-12-13-34(42(21-31)63(67)68)27-77-28-35-26-62(53-47(35)54(66)59-55(56)58-53)46-25-43(65)45(80-46)29-78-86(73,74)83-87(75,76)82-85(70,71)72/h12-15,21-24,26,43,45-46,57,65,69H,3-6,8-11,16-20,25,27-29H2,1H3,(H6-,56,58,59,66,70,71,72,73,74,75,76)/p+1/t43-,45?,46?,84?/m1/s1. The SMILES string of the molecule is CC(=O)Oc1ccc(P(O)NCC#Cc2ccc(COCc3cn(C4C[C@@H](O)C(COP(=O)(O)OP(=O)(O)OP(=O)(O)O)O4)c4nc(N)[nH]c(=O)c34)c([N+](=O)[O-])c2)cc1C1=c2cc3c4c(c2Oc2c1cc1c5c2CCCN5CCC1)CCC[N+]=4CCC3. The molecule has 6 aromatic rings. The fourth-order valence-corrected chi connectivity index (χ4v) is 16.4. The van der Waals surface area contributed by atoms with E-state index in [0.717, 1.165) is 105 Å². The number of phosphoric ester groups is 1. The van der Waals surface area contributed by atoms with Crippen molar-refractivity contribution in [2.75, 3.05) is 50.0 Å². The van der Waals surface area contributed by atoms with Gasteiger partial charge in [-0.3, -0.25) is 34.3 Å². The number of rotatable bonds is 18. The zero-order chi connectivity index (χ0) is 61.3. The molecule has 6 aliphatic heterocycles. The molecule has 10 N–H and O–H groups in total. The zero-order valence-corrected chi connectivity index (χ0v) is 50.0. The number of hydrogen-bond acceptors (Lipinski definition) is 20. The Morgan fingerprint density at radius 2 is 1.69 bits per heavy atom. The van der Waals surface area contributed by atoms with Gasteiger partial charge in [0.15, 0.2) is 5.65 Å². The predicted octanol–water partition coefficient (Wildman–Crippen LogP) is 3.85. The number of hydrogen-bond donors (Lipinski definition) is 9. The number of H-pyrrole nitrogens is 1. The third-order valence-corrected chi connectivity index (χ3v) is 20.9. The highest BCUT2D eigenvalue weighted by Gasteiger charge is 2.44. The maximum absolute atomic E-state index is 13.3. The number of nitrogen functional groups attached to an aromatic ring is 1. The van der Waals surface area contributed by atoms with Crippen molar-refractivity contribution < 1.29 is 85.1 Å². The van der Waals surface area contributed by atoms with E-state index in [-0.39, 0.29) is 60.0 Å². The lowest BCUT2D eigenvalue weighted by atomic mass is 9.82. The second kappa shape index (κ2) is 24.1. The highest BCUT2D eigenvalue weighted by atomic mass is 31.3. The van der Waals surface area contributed by atoms with Gasteiger partial charge in [0.05, 0.1) is 53.9 Å². The lowest BCUT2D eigenvalue weighted by Crippen LogP contribution is -2.45. The van der Waals surface area contributed by atoms with Crippen LogP contribution in [0, 0.1) is 22.0 Å². The second-order valence-electron chi connectivity index (χ2n) is 21.7. The maximum atomic E-state index is 13.3. The molecule has 6 aliphatic rings. The van der Waals surface area contributed by atoms with Crippen LogP contribution in [0.25, 0.3) is 16.6 Å². The van der Waals surface area contributed by atoms with Gasteiger partial charge in [0, 0.05) is 107 Å². The number of nitrogens with two attached hydrogens (primary N) is 1. The summed E-state index contributed by atoms with van der Waals surface area (Å²) in [5.41, 5.74) is 14.1. The van der Waals surface area contributed by atoms with Crippen LogP contribution in [-0.2, 0) is 80.0 Å². The molecule has 0 aliphatic carbocycles. The zero-order valence-electron chi connectivity index (χ0n) is 46.5. The maximum Gasteiger partial charge on any atom is 0.490 e. The van der Waals surface area contributed by atoms with Gasteiger partial charge < -0.3 is 63.7 Å². The molecule has 0 saturated carbocycles. The number of aliphatic hydroxyl groups is 1. The summed E-state index contributed by atoms with van der Waals surface area (Å²) in [5.74, 6) is 7.12. The normalized spacial score (nSPS) is 20.2. The van der Waals surface area contributed by atoms with E-state index in [9.17, 15) is 53.2 Å². The molecule has 1 saturated heterocycles. The van der Waals surface area contributed by atoms with E-state index in [1.54, 1.807) is 18.2 Å². The number of carbonyl (C=O) groups is 1. The monoisotopic (exact) mass is 1280 g/mol. The van der Waals surface area contributed by atoms with Crippen LogP contribution in [0.5, 0.6) is 17.2 Å². The number of nitrogens with zero attached hydrogens (tertiary/aromatic N) is 5. The molecule has 458 valence electrons. The molecular weight excluding hydrogens is 1220 g/mol. The van der Waals surface area contributed by atoms with Crippen molar-refractivity contribution >= 4 is 77.0 Å². The smallest absolute Gasteiger partial charge is 0.455 e. The molecule has 0 radical (unpaired) electrons. The number of ether oxygens (including phenoxy) is 4. The van der Waals surface area contributed by atoms with Gasteiger partial charge in [-0.2, -0.15) is 13.6 Å². The molecular formula is C55H59N8O20P4+. The molecule has 32 heteroatoms. The minimum absolute atomic E-state index is 0.0171. The van der Waals surface area contributed by atoms with Crippen molar-refractivity contribution in [2.45, 2.75) is 96.4 Å². The number of nitro groups is 1. The molecule has 4 aromatic carbocycles. The van der Waals surface area contributed by atoms with Crippen LogP contribution in [0.3, 0.4) is 0 Å². The number of esters is 1. The number of phosphoric acid groups is 3. The number of fused-ring (bicyclic) bond motifs is 5. The van der Waals surface area contributed by atoms with Crippen molar-refractivity contribution in [3.63, 3.8) is 0 Å². The molecule has 6 atom stereocenters. The van der Waals surface area contributed by atoms with Crippen LogP contribution in [0.1, 0.15) is 95.3 Å². The van der Waals surface area contributed by atoms with Crippen LogP contribution in [0.4, 0.5) is 17.3 Å². The van der Waals surface area contributed by atoms with Gasteiger partial charge in [0.2, 0.25) is 11.3 Å². The fourth-order valence-electron chi connectivity index (χ4n) is 12.5. The molecule has 5 unspecified atom stereocenters. The summed E-state index contributed by atoms with van der Waals surface area (Å²) >= 11 is 0. The van der Waals surface area contributed by atoms with Gasteiger partial charge in [0.25, 0.3) is 11.2 Å². The van der Waals surface area contributed by atoms with E-state index in [0.29, 0.717) is 22.2 Å². The molecule has 0 amide bonds. The quantitative estimate of drug-likeness (QED) is 0.0112. The number of aryl methyl sites for hydroxylation is 2. The van der Waals surface area contributed by atoms with E-state index in [1.807, 2.05) is 6.07 Å². The first-order valence-electron chi connectivity index (χ1n) is 27.8. The molecule has 0 spiro atoms. The number of aromatic nitrogens is 3. The van der Waals surface area contributed by atoms with Gasteiger partial charge in [-0.05, 0) is 86.6 Å². The van der Waals surface area contributed by atoms with Crippen molar-refractivity contribution in [3.05, 3.63) is 136 Å². The fraction of sp³-hybridized carbons (Fsp3) is 0.382. The van der Waals surface area contributed by atoms with Crippen LogP contribution < -0.4 is 51.2 Å². The van der Waals surface area contributed by atoms with E-state index in [1.165, 1.54) is 63.1 Å². The number of nitrogens with one attached hydrogen (secondary N) is 2. The number of anilines is 2. The van der Waals surface area contributed by atoms with Crippen molar-refractivity contribution in [1.29, 1.82) is 0 Å². The molecule has 2 aromatic heterocycles. The Balaban J connectivity index is 0.757. The summed E-state index contributed by atoms with van der Waals surface area (Å²) < 4.78 is 76.0. The molecule has 87 heavy (non-hydrogen) atoms. The highest BCUT2D eigenvalue weighted by Crippen LogP contribution is 2.66. The Labute approximate surface area is 495 Å². The third kappa shape index (κ3) is 12.6. The molecule has 28 nitrogen and oxygen atoms in total. The summed E-state index contributed by atoms with van der Waals surface area (Å²) in [4.78, 5) is 95.9. The summed E-state index contributed by atoms with van der Waals surface area (Å²) in [6, 6.07) is 14.2. The van der Waals surface area contributed by atoms with Gasteiger partial charge in [-0.1, -0.05) is 11.8 Å². The number of nitro benzene ring substituents is 1. The minimum Gasteiger partial charge on any atom is -0.455 e. The Bertz CT molecular complexity index is 4270. The van der Waals surface area contributed by atoms with E-state index in [4.69, 9.17) is 34.5 Å². The first kappa shape index (κ1) is 60.7. The first-order chi connectivity index (χ1) is 41.5. The average Bonchev–Trinajstić information content (AvgIpc) is 1.32. The van der Waals surface area contributed by atoms with Gasteiger partial charge in [0.1, 0.15) is 51.0 Å². The topological polar surface area (TPSA) is 392 Å². The van der Waals surface area contributed by atoms with Crippen LogP contribution in [-0.4, -0.2) is 107 Å². The number of carbonyl (C=O) groups excluding carboxylic acids is 1. The number of aliphatic hydroxyl groups excluding tert-OH is 1. The Morgan fingerprint density at radius 1 is 0.943 bits per heavy atom. The van der Waals surface area contributed by atoms with E-state index < -0.39 is 73.3 Å². The molecule has 0 bridgehead atoms. The van der Waals surface area contributed by atoms with E-state index in [2.05, 4.69) is 61.6 Å². The second-order valence-corrected chi connectivity index (χ2v) is 27.6. The van der Waals surface area contributed by atoms with E-state index >= 15 is 0 Å². The van der Waals surface area contributed by atoms with Crippen molar-refractivity contribution in [1.82, 2.24) is 24.2 Å². The number of aromatic amines is 1. The first-order valence-corrected chi connectivity index (χ1v) is 33.6. The lowest BCUT2D eigenvalue weighted by Gasteiger charge is -2.39. The van der Waals surface area contributed by atoms with Crippen LogP contribution in [0.2, 0.25) is 0 Å². The highest BCUT2D eigenvalue weighted by molar-refractivity contribution is 7.66. The summed E-state index contributed by atoms with van der Waals surface area (Å²) in [6.07, 6.45) is 4.82. The Hall–Kier alpha value is -6.56. The minimum atomic E-state index is -5.82. The summed E-state index contributed by atoms with van der Waals surface area (Å²) in [5, 5.41) is 29.1.